The maximum Gasteiger partial charge on any atom is 0.410 e. The second-order valence-corrected chi connectivity index (χ2v) is 10.7. The van der Waals surface area contributed by atoms with Crippen LogP contribution in [0.3, 0.4) is 0 Å². The number of aldehydes is 1. The molecule has 0 saturated carbocycles. The molecule has 2 aliphatic heterocycles. The molecule has 0 aromatic carbocycles. The first kappa shape index (κ1) is 26.9. The molecular weight excluding hydrogens is 400 g/mol. The third-order valence-electron chi connectivity index (χ3n) is 5.28. The predicted octanol–water partition coefficient (Wildman–Crippen LogP) is 3.77. The fraction of sp³-hybridized carbons (Fsp3) is 0.826. The molecule has 8 heteroatoms. The zero-order valence-corrected chi connectivity index (χ0v) is 20.6. The molecule has 4 atom stereocenters. The molecule has 0 bridgehead atoms. The van der Waals surface area contributed by atoms with Crippen LogP contribution in [-0.4, -0.2) is 71.4 Å². The zero-order chi connectivity index (χ0) is 24.1. The number of rotatable bonds is 2. The van der Waals surface area contributed by atoms with E-state index in [2.05, 4.69) is 0 Å². The van der Waals surface area contributed by atoms with E-state index in [1.807, 2.05) is 55.4 Å². The molecule has 2 fully saturated rings. The van der Waals surface area contributed by atoms with Crippen LogP contribution in [0.15, 0.2) is 0 Å². The van der Waals surface area contributed by atoms with Crippen LogP contribution in [0, 0.1) is 23.7 Å². The summed E-state index contributed by atoms with van der Waals surface area (Å²) in [6.45, 7) is 18.8. The number of likely N-dealkylation sites (tertiary alicyclic amines) is 2. The van der Waals surface area contributed by atoms with Crippen LogP contribution in [0.2, 0.25) is 0 Å². The highest BCUT2D eigenvalue weighted by molar-refractivity contribution is 5.80. The van der Waals surface area contributed by atoms with Gasteiger partial charge in [-0.3, -0.25) is 4.79 Å². The summed E-state index contributed by atoms with van der Waals surface area (Å²) < 4.78 is 10.5. The summed E-state index contributed by atoms with van der Waals surface area (Å²) in [5, 5.41) is 0. The minimum Gasteiger partial charge on any atom is -0.444 e. The molecule has 0 spiro atoms. The molecule has 0 aromatic heterocycles. The van der Waals surface area contributed by atoms with Gasteiger partial charge in [0.1, 0.15) is 23.3 Å². The Balaban J connectivity index is 0.000000311. The van der Waals surface area contributed by atoms with Gasteiger partial charge >= 0.3 is 12.2 Å². The van der Waals surface area contributed by atoms with Gasteiger partial charge in [-0.2, -0.15) is 0 Å². The van der Waals surface area contributed by atoms with Gasteiger partial charge in [-0.1, -0.05) is 13.8 Å². The highest BCUT2D eigenvalue weighted by atomic mass is 16.6. The third-order valence-corrected chi connectivity index (χ3v) is 5.28. The minimum atomic E-state index is -0.478. The smallest absolute Gasteiger partial charge is 0.410 e. The Morgan fingerprint density at radius 3 is 1.52 bits per heavy atom. The summed E-state index contributed by atoms with van der Waals surface area (Å²) in [4.78, 5) is 48.7. The number of nitrogens with zero attached hydrogens (tertiary/aromatic N) is 2. The summed E-state index contributed by atoms with van der Waals surface area (Å²) in [7, 11) is 0. The predicted molar refractivity (Wildman–Crippen MR) is 118 cm³/mol. The topological polar surface area (TPSA) is 93.2 Å². The second-order valence-electron chi connectivity index (χ2n) is 10.7. The van der Waals surface area contributed by atoms with Gasteiger partial charge in [0.15, 0.2) is 0 Å². The quantitative estimate of drug-likeness (QED) is 0.607. The Kier molecular flexibility index (Phi) is 9.08. The van der Waals surface area contributed by atoms with Gasteiger partial charge in [0.25, 0.3) is 0 Å². The summed E-state index contributed by atoms with van der Waals surface area (Å²) in [5.41, 5.74) is -0.950. The first-order valence-corrected chi connectivity index (χ1v) is 11.0. The number of amides is 2. The van der Waals surface area contributed by atoms with Gasteiger partial charge in [0.2, 0.25) is 0 Å². The van der Waals surface area contributed by atoms with Crippen molar-refractivity contribution < 1.29 is 28.7 Å². The fourth-order valence-electron chi connectivity index (χ4n) is 3.62. The lowest BCUT2D eigenvalue weighted by Gasteiger charge is -2.24. The van der Waals surface area contributed by atoms with E-state index < -0.39 is 11.2 Å². The van der Waals surface area contributed by atoms with Crippen LogP contribution in [0.1, 0.15) is 62.3 Å². The van der Waals surface area contributed by atoms with Crippen molar-refractivity contribution in [2.75, 3.05) is 26.2 Å². The van der Waals surface area contributed by atoms with E-state index in [0.717, 1.165) is 6.29 Å². The number of ketones is 1. The average Bonchev–Trinajstić information content (AvgIpc) is 3.15. The van der Waals surface area contributed by atoms with Crippen LogP contribution in [0.4, 0.5) is 9.59 Å². The highest BCUT2D eigenvalue weighted by Crippen LogP contribution is 2.25. The Bertz CT molecular complexity index is 664. The molecule has 0 aliphatic carbocycles. The van der Waals surface area contributed by atoms with Gasteiger partial charge in [-0.15, -0.1) is 0 Å². The van der Waals surface area contributed by atoms with Gasteiger partial charge in [-0.05, 0) is 60.3 Å². The Morgan fingerprint density at radius 2 is 1.19 bits per heavy atom. The Morgan fingerprint density at radius 1 is 0.774 bits per heavy atom. The number of carbonyl (C=O) groups is 4. The lowest BCUT2D eigenvalue weighted by atomic mass is 9.95. The molecule has 178 valence electrons. The normalized spacial score (nSPS) is 26.1. The first-order valence-electron chi connectivity index (χ1n) is 11.0. The van der Waals surface area contributed by atoms with Crippen molar-refractivity contribution in [1.29, 1.82) is 0 Å². The van der Waals surface area contributed by atoms with Crippen molar-refractivity contribution in [2.45, 2.75) is 73.5 Å². The molecule has 8 nitrogen and oxygen atoms in total. The first-order chi connectivity index (χ1) is 14.0. The monoisotopic (exact) mass is 440 g/mol. The number of carbonyl (C=O) groups excluding carboxylic acids is 4. The van der Waals surface area contributed by atoms with Crippen molar-refractivity contribution >= 4 is 24.3 Å². The molecule has 2 amide bonds. The van der Waals surface area contributed by atoms with E-state index in [1.54, 1.807) is 16.7 Å². The fourth-order valence-corrected chi connectivity index (χ4v) is 3.62. The SMILES string of the molecule is CC(=O)[C@@H]1CN(C(=O)OC(C)(C)C)C[C@H]1C.C[C@@H]1CN(C(=O)OC(C)(C)C)C[C@H]1C=O. The maximum absolute atomic E-state index is 11.8. The van der Waals surface area contributed by atoms with E-state index in [9.17, 15) is 19.2 Å². The Labute approximate surface area is 186 Å². The van der Waals surface area contributed by atoms with Gasteiger partial charge in [-0.25, -0.2) is 9.59 Å². The van der Waals surface area contributed by atoms with Crippen molar-refractivity contribution in [3.05, 3.63) is 0 Å². The number of ether oxygens (including phenoxy) is 2. The largest absolute Gasteiger partial charge is 0.444 e. The minimum absolute atomic E-state index is 0.0347. The lowest BCUT2D eigenvalue weighted by Crippen LogP contribution is -2.35. The average molecular weight is 441 g/mol. The van der Waals surface area contributed by atoms with Crippen LogP contribution >= 0.6 is 0 Å². The van der Waals surface area contributed by atoms with Gasteiger partial charge in [0, 0.05) is 38.0 Å². The summed E-state index contributed by atoms with van der Waals surface area (Å²) in [5.74, 6) is 0.531. The van der Waals surface area contributed by atoms with E-state index in [0.29, 0.717) is 26.2 Å². The van der Waals surface area contributed by atoms with Crippen LogP contribution in [0.25, 0.3) is 0 Å². The van der Waals surface area contributed by atoms with Crippen molar-refractivity contribution in [2.24, 2.45) is 23.7 Å². The van der Waals surface area contributed by atoms with Crippen LogP contribution in [0.5, 0.6) is 0 Å². The third kappa shape index (κ3) is 8.87. The summed E-state index contributed by atoms with van der Waals surface area (Å²) in [6, 6.07) is 0. The zero-order valence-electron chi connectivity index (χ0n) is 20.6. The van der Waals surface area contributed by atoms with Crippen LogP contribution < -0.4 is 0 Å². The molecule has 2 rings (SSSR count). The Hall–Kier alpha value is -2.12. The molecule has 0 aromatic rings. The van der Waals surface area contributed by atoms with E-state index >= 15 is 0 Å². The molecule has 2 saturated heterocycles. The van der Waals surface area contributed by atoms with E-state index in [1.165, 1.54) is 0 Å². The van der Waals surface area contributed by atoms with E-state index in [-0.39, 0.29) is 41.6 Å². The van der Waals surface area contributed by atoms with Gasteiger partial charge in [0.05, 0.1) is 0 Å². The molecule has 2 heterocycles. The maximum atomic E-state index is 11.8. The van der Waals surface area contributed by atoms with Crippen LogP contribution in [-0.2, 0) is 19.1 Å². The number of Topliss-reactive ketones (excluding diaryl/α,β-unsaturated/α-hetero) is 1. The molecule has 2 aliphatic rings. The van der Waals surface area contributed by atoms with Crippen molar-refractivity contribution in [1.82, 2.24) is 9.80 Å². The molecule has 0 radical (unpaired) electrons. The molecule has 0 N–H and O–H groups in total. The molecular formula is C23H40N2O6. The number of hydrogen-bond acceptors (Lipinski definition) is 6. The molecule has 0 unspecified atom stereocenters. The summed E-state index contributed by atoms with van der Waals surface area (Å²) in [6.07, 6.45) is 0.288. The molecule has 31 heavy (non-hydrogen) atoms. The van der Waals surface area contributed by atoms with Crippen molar-refractivity contribution in [3.8, 4) is 0 Å². The standard InChI is InChI=1S/C12H21NO3.C11H19NO3/c1-8-6-13(7-10(8)9(2)14)11(15)16-12(3,4)5;1-8-5-12(6-9(8)7-13)10(14)15-11(2,3)4/h8,10H,6-7H2,1-5H3;7-9H,5-6H2,1-4H3/t8-,10-;8-,9+/m11/s1. The second kappa shape index (κ2) is 10.5. The van der Waals surface area contributed by atoms with Crippen molar-refractivity contribution in [3.63, 3.8) is 0 Å². The highest BCUT2D eigenvalue weighted by Gasteiger charge is 2.37. The lowest BCUT2D eigenvalue weighted by molar-refractivity contribution is -0.121. The van der Waals surface area contributed by atoms with E-state index in [4.69, 9.17) is 9.47 Å². The van der Waals surface area contributed by atoms with Gasteiger partial charge < -0.3 is 24.1 Å². The number of hydrogen-bond donors (Lipinski definition) is 0. The summed E-state index contributed by atoms with van der Waals surface area (Å²) >= 11 is 0.